The van der Waals surface area contributed by atoms with E-state index < -0.39 is 0 Å². The maximum Gasteiger partial charge on any atom is 0.123 e. The van der Waals surface area contributed by atoms with Crippen LogP contribution in [-0.4, -0.2) is 9.78 Å². The van der Waals surface area contributed by atoms with Gasteiger partial charge in [-0.05, 0) is 47.5 Å². The van der Waals surface area contributed by atoms with Crippen molar-refractivity contribution in [2.24, 2.45) is 7.05 Å². The number of rotatable bonds is 4. The molecule has 1 heterocycles. The summed E-state index contributed by atoms with van der Waals surface area (Å²) in [6.07, 6.45) is 0. The highest BCUT2D eigenvalue weighted by Crippen LogP contribution is 2.21. The zero-order valence-electron chi connectivity index (χ0n) is 11.2. The predicted molar refractivity (Wildman–Crippen MR) is 77.3 cm³/mol. The van der Waals surface area contributed by atoms with Gasteiger partial charge in [0.15, 0.2) is 0 Å². The highest BCUT2D eigenvalue weighted by atomic mass is 79.9. The van der Waals surface area contributed by atoms with E-state index in [4.69, 9.17) is 0 Å². The van der Waals surface area contributed by atoms with Gasteiger partial charge in [-0.2, -0.15) is 5.10 Å². The zero-order chi connectivity index (χ0) is 14.0. The molecular formula is C14H17BrFN3. The minimum Gasteiger partial charge on any atom is -0.305 e. The van der Waals surface area contributed by atoms with E-state index in [1.54, 1.807) is 12.1 Å². The fourth-order valence-corrected chi connectivity index (χ4v) is 2.47. The number of nitrogens with one attached hydrogen (secondary N) is 1. The van der Waals surface area contributed by atoms with Gasteiger partial charge in [0, 0.05) is 19.6 Å². The predicted octanol–water partition coefficient (Wildman–Crippen LogP) is 3.48. The van der Waals surface area contributed by atoms with E-state index >= 15 is 0 Å². The Labute approximate surface area is 121 Å². The Morgan fingerprint density at radius 1 is 1.37 bits per heavy atom. The van der Waals surface area contributed by atoms with Gasteiger partial charge in [0.25, 0.3) is 0 Å². The first-order valence-corrected chi connectivity index (χ1v) is 6.95. The second-order valence-corrected chi connectivity index (χ2v) is 5.42. The van der Waals surface area contributed by atoms with E-state index in [9.17, 15) is 4.39 Å². The van der Waals surface area contributed by atoms with Gasteiger partial charge < -0.3 is 5.32 Å². The SMILES string of the molecule is Cc1nn(C)c(CNC(C)c2ccc(F)cc2)c1Br. The van der Waals surface area contributed by atoms with Gasteiger partial charge in [-0.3, -0.25) is 4.68 Å². The second-order valence-electron chi connectivity index (χ2n) is 4.62. The summed E-state index contributed by atoms with van der Waals surface area (Å²) >= 11 is 3.54. The summed E-state index contributed by atoms with van der Waals surface area (Å²) < 4.78 is 15.8. The fraction of sp³-hybridized carbons (Fsp3) is 0.357. The molecule has 2 aromatic rings. The lowest BCUT2D eigenvalue weighted by Gasteiger charge is -2.14. The molecule has 2 rings (SSSR count). The topological polar surface area (TPSA) is 29.9 Å². The van der Waals surface area contributed by atoms with E-state index in [1.807, 2.05) is 18.7 Å². The smallest absolute Gasteiger partial charge is 0.123 e. The minimum atomic E-state index is -0.207. The number of benzene rings is 1. The third-order valence-corrected chi connectivity index (χ3v) is 4.24. The summed E-state index contributed by atoms with van der Waals surface area (Å²) in [5.41, 5.74) is 3.15. The van der Waals surface area contributed by atoms with Gasteiger partial charge in [-0.15, -0.1) is 0 Å². The fourth-order valence-electron chi connectivity index (χ4n) is 1.99. The molecule has 0 aliphatic heterocycles. The first kappa shape index (κ1) is 14.2. The van der Waals surface area contributed by atoms with E-state index in [1.165, 1.54) is 12.1 Å². The number of nitrogens with zero attached hydrogens (tertiary/aromatic N) is 2. The van der Waals surface area contributed by atoms with E-state index in [0.717, 1.165) is 21.4 Å². The Hall–Kier alpha value is -1.20. The summed E-state index contributed by atoms with van der Waals surface area (Å²) in [5, 5.41) is 7.77. The maximum atomic E-state index is 12.9. The molecule has 1 unspecified atom stereocenters. The van der Waals surface area contributed by atoms with Crippen LogP contribution in [0.5, 0.6) is 0 Å². The highest BCUT2D eigenvalue weighted by molar-refractivity contribution is 9.10. The molecule has 0 amide bonds. The minimum absolute atomic E-state index is 0.155. The highest BCUT2D eigenvalue weighted by Gasteiger charge is 2.12. The van der Waals surface area contributed by atoms with Crippen molar-refractivity contribution in [2.75, 3.05) is 0 Å². The van der Waals surface area contributed by atoms with E-state index in [-0.39, 0.29) is 11.9 Å². The molecule has 0 aliphatic carbocycles. The van der Waals surface area contributed by atoms with Crippen LogP contribution in [0.1, 0.15) is 29.9 Å². The Kier molecular flexibility index (Phi) is 4.37. The number of hydrogen-bond donors (Lipinski definition) is 1. The molecule has 0 saturated heterocycles. The van der Waals surface area contributed by atoms with Crippen molar-refractivity contribution >= 4 is 15.9 Å². The van der Waals surface area contributed by atoms with Gasteiger partial charge in [0.2, 0.25) is 0 Å². The molecule has 5 heteroatoms. The van der Waals surface area contributed by atoms with Crippen LogP contribution in [0.15, 0.2) is 28.7 Å². The molecule has 1 N–H and O–H groups in total. The molecule has 1 atom stereocenters. The molecule has 0 saturated carbocycles. The Balaban J connectivity index is 2.04. The van der Waals surface area contributed by atoms with Crippen LogP contribution in [0, 0.1) is 12.7 Å². The van der Waals surface area contributed by atoms with Gasteiger partial charge in [-0.25, -0.2) is 4.39 Å². The largest absolute Gasteiger partial charge is 0.305 e. The molecule has 0 aliphatic rings. The van der Waals surface area contributed by atoms with Crippen LogP contribution in [0.25, 0.3) is 0 Å². The Bertz CT molecular complexity index is 563. The molecule has 0 bridgehead atoms. The average molecular weight is 326 g/mol. The van der Waals surface area contributed by atoms with Crippen molar-refractivity contribution in [3.05, 3.63) is 51.5 Å². The van der Waals surface area contributed by atoms with Gasteiger partial charge >= 0.3 is 0 Å². The molecule has 102 valence electrons. The van der Waals surface area contributed by atoms with Crippen LogP contribution in [0.3, 0.4) is 0 Å². The lowest BCUT2D eigenvalue weighted by Crippen LogP contribution is -2.20. The van der Waals surface area contributed by atoms with Crippen LogP contribution >= 0.6 is 15.9 Å². The lowest BCUT2D eigenvalue weighted by atomic mass is 10.1. The van der Waals surface area contributed by atoms with Crippen molar-refractivity contribution in [3.8, 4) is 0 Å². The molecular weight excluding hydrogens is 309 g/mol. The quantitative estimate of drug-likeness (QED) is 0.932. The van der Waals surface area contributed by atoms with Crippen molar-refractivity contribution in [1.82, 2.24) is 15.1 Å². The molecule has 0 radical (unpaired) electrons. The number of aryl methyl sites for hydroxylation is 2. The third kappa shape index (κ3) is 3.22. The van der Waals surface area contributed by atoms with Crippen molar-refractivity contribution < 1.29 is 4.39 Å². The number of halogens is 2. The van der Waals surface area contributed by atoms with Gasteiger partial charge in [-0.1, -0.05) is 12.1 Å². The number of aromatic nitrogens is 2. The standard InChI is InChI=1S/C14H17BrFN3/c1-9(11-4-6-12(16)7-5-11)17-8-13-14(15)10(2)18-19(13)3/h4-7,9,17H,8H2,1-3H3. The normalized spacial score (nSPS) is 12.7. The zero-order valence-corrected chi connectivity index (χ0v) is 12.8. The van der Waals surface area contributed by atoms with E-state index in [0.29, 0.717) is 6.54 Å². The average Bonchev–Trinajstić information content (AvgIpc) is 2.62. The van der Waals surface area contributed by atoms with Gasteiger partial charge in [0.1, 0.15) is 5.82 Å². The molecule has 1 aromatic heterocycles. The summed E-state index contributed by atoms with van der Waals surface area (Å²) in [5.74, 6) is -0.207. The van der Waals surface area contributed by atoms with Crippen LogP contribution in [-0.2, 0) is 13.6 Å². The monoisotopic (exact) mass is 325 g/mol. The van der Waals surface area contributed by atoms with Crippen LogP contribution in [0.4, 0.5) is 4.39 Å². The summed E-state index contributed by atoms with van der Waals surface area (Å²) in [4.78, 5) is 0. The van der Waals surface area contributed by atoms with Crippen LogP contribution in [0.2, 0.25) is 0 Å². The first-order valence-electron chi connectivity index (χ1n) is 6.16. The Morgan fingerprint density at radius 2 is 2.00 bits per heavy atom. The summed E-state index contributed by atoms with van der Waals surface area (Å²) in [6, 6.07) is 6.73. The van der Waals surface area contributed by atoms with Gasteiger partial charge in [0.05, 0.1) is 15.9 Å². The third-order valence-electron chi connectivity index (χ3n) is 3.21. The van der Waals surface area contributed by atoms with Crippen molar-refractivity contribution in [3.63, 3.8) is 0 Å². The van der Waals surface area contributed by atoms with Crippen molar-refractivity contribution in [2.45, 2.75) is 26.4 Å². The van der Waals surface area contributed by atoms with E-state index in [2.05, 4.69) is 33.3 Å². The molecule has 0 fully saturated rings. The van der Waals surface area contributed by atoms with Crippen LogP contribution < -0.4 is 5.32 Å². The lowest BCUT2D eigenvalue weighted by molar-refractivity contribution is 0.545. The molecule has 1 aromatic carbocycles. The summed E-state index contributed by atoms with van der Waals surface area (Å²) in [6.45, 7) is 4.73. The van der Waals surface area contributed by atoms with Crippen molar-refractivity contribution in [1.29, 1.82) is 0 Å². The molecule has 3 nitrogen and oxygen atoms in total. The first-order chi connectivity index (χ1) is 8.99. The second kappa shape index (κ2) is 5.84. The number of hydrogen-bond acceptors (Lipinski definition) is 2. The molecule has 0 spiro atoms. The maximum absolute atomic E-state index is 12.9. The Morgan fingerprint density at radius 3 is 2.53 bits per heavy atom. The molecule has 19 heavy (non-hydrogen) atoms. The summed E-state index contributed by atoms with van der Waals surface area (Å²) in [7, 11) is 1.93.